The maximum absolute atomic E-state index is 11.3. The van der Waals surface area contributed by atoms with Gasteiger partial charge >= 0.3 is 5.97 Å². The van der Waals surface area contributed by atoms with Gasteiger partial charge in [0.1, 0.15) is 6.04 Å². The first-order chi connectivity index (χ1) is 6.19. The topological polar surface area (TPSA) is 49.8 Å². The van der Waals surface area contributed by atoms with E-state index >= 15 is 0 Å². The predicted molar refractivity (Wildman–Crippen MR) is 48.3 cm³/mol. The minimum absolute atomic E-state index is 0.231. The third-order valence-corrected chi connectivity index (χ3v) is 2.37. The first kappa shape index (κ1) is 10.5. The fraction of sp³-hybridized carbons (Fsp3) is 0.889. The molecular weight excluding hydrogens is 170 g/mol. The first-order valence-corrected chi connectivity index (χ1v) is 4.69. The van der Waals surface area contributed by atoms with Crippen LogP contribution in [0.1, 0.15) is 19.8 Å². The van der Waals surface area contributed by atoms with E-state index < -0.39 is 0 Å². The molecule has 1 saturated heterocycles. The van der Waals surface area contributed by atoms with Crippen LogP contribution < -0.4 is 0 Å². The van der Waals surface area contributed by atoms with Crippen molar-refractivity contribution in [2.24, 2.45) is 0 Å². The van der Waals surface area contributed by atoms with Crippen molar-refractivity contribution in [2.75, 3.05) is 20.2 Å². The molecule has 0 radical (unpaired) electrons. The molecule has 2 unspecified atom stereocenters. The molecule has 2 atom stereocenters. The SMILES string of the molecule is CCCN1CC(O)CC1C(=O)OC. The summed E-state index contributed by atoms with van der Waals surface area (Å²) in [5.41, 5.74) is 0. The lowest BCUT2D eigenvalue weighted by atomic mass is 10.2. The Labute approximate surface area is 78.5 Å². The molecule has 4 heteroatoms. The smallest absolute Gasteiger partial charge is 0.323 e. The van der Waals surface area contributed by atoms with Gasteiger partial charge in [-0.1, -0.05) is 6.92 Å². The Morgan fingerprint density at radius 1 is 1.69 bits per heavy atom. The van der Waals surface area contributed by atoms with Gasteiger partial charge in [0.05, 0.1) is 13.2 Å². The van der Waals surface area contributed by atoms with Crippen molar-refractivity contribution in [3.8, 4) is 0 Å². The molecule has 4 nitrogen and oxygen atoms in total. The Kier molecular flexibility index (Phi) is 3.69. The summed E-state index contributed by atoms with van der Waals surface area (Å²) < 4.78 is 4.67. The summed E-state index contributed by atoms with van der Waals surface area (Å²) in [6.45, 7) is 3.49. The van der Waals surface area contributed by atoms with Crippen molar-refractivity contribution >= 4 is 5.97 Å². The maximum Gasteiger partial charge on any atom is 0.323 e. The molecule has 0 aromatic rings. The van der Waals surface area contributed by atoms with Crippen LogP contribution in [0.25, 0.3) is 0 Å². The van der Waals surface area contributed by atoms with Gasteiger partial charge in [-0.05, 0) is 13.0 Å². The Morgan fingerprint density at radius 3 is 2.92 bits per heavy atom. The molecular formula is C9H17NO3. The molecule has 1 aliphatic heterocycles. The number of aliphatic hydroxyl groups is 1. The van der Waals surface area contributed by atoms with E-state index in [-0.39, 0.29) is 18.1 Å². The van der Waals surface area contributed by atoms with Crippen LogP contribution in [-0.4, -0.2) is 48.3 Å². The van der Waals surface area contributed by atoms with Crippen LogP contribution in [0.2, 0.25) is 0 Å². The summed E-state index contributed by atoms with van der Waals surface area (Å²) >= 11 is 0. The van der Waals surface area contributed by atoms with Gasteiger partial charge in [-0.15, -0.1) is 0 Å². The molecule has 1 N–H and O–H groups in total. The highest BCUT2D eigenvalue weighted by Crippen LogP contribution is 2.18. The molecule has 0 aromatic heterocycles. The number of methoxy groups -OCH3 is 1. The van der Waals surface area contributed by atoms with Gasteiger partial charge < -0.3 is 9.84 Å². The molecule has 1 fully saturated rings. The van der Waals surface area contributed by atoms with E-state index in [1.807, 2.05) is 4.90 Å². The van der Waals surface area contributed by atoms with E-state index in [0.29, 0.717) is 13.0 Å². The number of β-amino-alcohol motifs (C(OH)–C–C–N with tert-alkyl or cyclic N) is 1. The van der Waals surface area contributed by atoms with E-state index in [1.54, 1.807) is 0 Å². The highest BCUT2D eigenvalue weighted by molar-refractivity contribution is 5.76. The number of likely N-dealkylation sites (tertiary alicyclic amines) is 1. The molecule has 1 aliphatic rings. The zero-order valence-corrected chi connectivity index (χ0v) is 8.19. The number of ether oxygens (including phenoxy) is 1. The van der Waals surface area contributed by atoms with Crippen molar-refractivity contribution in [1.82, 2.24) is 4.90 Å². The summed E-state index contributed by atoms with van der Waals surface area (Å²) in [6, 6.07) is -0.236. The van der Waals surface area contributed by atoms with Crippen LogP contribution in [-0.2, 0) is 9.53 Å². The van der Waals surface area contributed by atoms with Gasteiger partial charge in [-0.25, -0.2) is 0 Å². The summed E-state index contributed by atoms with van der Waals surface area (Å²) in [5, 5.41) is 9.39. The summed E-state index contributed by atoms with van der Waals surface area (Å²) in [7, 11) is 1.39. The van der Waals surface area contributed by atoms with Crippen LogP contribution in [0, 0.1) is 0 Å². The van der Waals surface area contributed by atoms with E-state index in [2.05, 4.69) is 11.7 Å². The highest BCUT2D eigenvalue weighted by atomic mass is 16.5. The Morgan fingerprint density at radius 2 is 2.38 bits per heavy atom. The number of hydrogen-bond acceptors (Lipinski definition) is 4. The minimum atomic E-state index is -0.379. The predicted octanol–water partition coefficient (Wildman–Crippen LogP) is 0.00460. The molecule has 0 aromatic carbocycles. The van der Waals surface area contributed by atoms with E-state index in [4.69, 9.17) is 0 Å². The second kappa shape index (κ2) is 4.58. The largest absolute Gasteiger partial charge is 0.468 e. The van der Waals surface area contributed by atoms with Crippen LogP contribution in [0.5, 0.6) is 0 Å². The van der Waals surface area contributed by atoms with Gasteiger partial charge in [-0.2, -0.15) is 0 Å². The summed E-state index contributed by atoms with van der Waals surface area (Å²) in [6.07, 6.45) is 1.11. The monoisotopic (exact) mass is 187 g/mol. The number of carbonyl (C=O) groups is 1. The van der Waals surface area contributed by atoms with Crippen LogP contribution in [0.15, 0.2) is 0 Å². The van der Waals surface area contributed by atoms with Crippen LogP contribution >= 0.6 is 0 Å². The Bertz CT molecular complexity index is 184. The Hall–Kier alpha value is -0.610. The second-order valence-electron chi connectivity index (χ2n) is 3.42. The van der Waals surface area contributed by atoms with Crippen molar-refractivity contribution in [3.05, 3.63) is 0 Å². The van der Waals surface area contributed by atoms with Gasteiger partial charge in [0.2, 0.25) is 0 Å². The number of esters is 1. The fourth-order valence-corrected chi connectivity index (χ4v) is 1.79. The molecule has 0 aliphatic carbocycles. The molecule has 0 amide bonds. The van der Waals surface area contributed by atoms with Gasteiger partial charge in [0, 0.05) is 13.0 Å². The van der Waals surface area contributed by atoms with Crippen molar-refractivity contribution in [1.29, 1.82) is 0 Å². The highest BCUT2D eigenvalue weighted by Gasteiger charge is 2.35. The van der Waals surface area contributed by atoms with Crippen LogP contribution in [0.3, 0.4) is 0 Å². The van der Waals surface area contributed by atoms with Gasteiger partial charge in [0.15, 0.2) is 0 Å². The molecule has 13 heavy (non-hydrogen) atoms. The number of aliphatic hydroxyl groups excluding tert-OH is 1. The number of nitrogens with zero attached hydrogens (tertiary/aromatic N) is 1. The minimum Gasteiger partial charge on any atom is -0.468 e. The van der Waals surface area contributed by atoms with Crippen LogP contribution in [0.4, 0.5) is 0 Å². The normalized spacial score (nSPS) is 29.2. The first-order valence-electron chi connectivity index (χ1n) is 4.69. The average Bonchev–Trinajstić information content (AvgIpc) is 2.46. The molecule has 1 rings (SSSR count). The third-order valence-electron chi connectivity index (χ3n) is 2.37. The lowest BCUT2D eigenvalue weighted by Crippen LogP contribution is -2.37. The standard InChI is InChI=1S/C9H17NO3/c1-3-4-10-6-7(11)5-8(10)9(12)13-2/h7-8,11H,3-6H2,1-2H3. The maximum atomic E-state index is 11.3. The molecule has 0 bridgehead atoms. The zero-order chi connectivity index (χ0) is 9.84. The quantitative estimate of drug-likeness (QED) is 0.632. The van der Waals surface area contributed by atoms with Gasteiger partial charge in [-0.3, -0.25) is 9.69 Å². The van der Waals surface area contributed by atoms with E-state index in [1.165, 1.54) is 7.11 Å². The number of hydrogen-bond donors (Lipinski definition) is 1. The van der Waals surface area contributed by atoms with Crippen molar-refractivity contribution in [2.45, 2.75) is 31.9 Å². The molecule has 1 heterocycles. The molecule has 76 valence electrons. The van der Waals surface area contributed by atoms with Crippen molar-refractivity contribution in [3.63, 3.8) is 0 Å². The number of rotatable bonds is 3. The zero-order valence-electron chi connectivity index (χ0n) is 8.19. The summed E-state index contributed by atoms with van der Waals surface area (Å²) in [5.74, 6) is -0.231. The third kappa shape index (κ3) is 2.42. The van der Waals surface area contributed by atoms with E-state index in [0.717, 1.165) is 13.0 Å². The fourth-order valence-electron chi connectivity index (χ4n) is 1.79. The van der Waals surface area contributed by atoms with E-state index in [9.17, 15) is 9.90 Å². The van der Waals surface area contributed by atoms with Crippen molar-refractivity contribution < 1.29 is 14.6 Å². The lowest BCUT2D eigenvalue weighted by Gasteiger charge is -2.20. The number of carbonyl (C=O) groups excluding carboxylic acids is 1. The second-order valence-corrected chi connectivity index (χ2v) is 3.42. The lowest BCUT2D eigenvalue weighted by molar-refractivity contribution is -0.145. The molecule has 0 saturated carbocycles. The van der Waals surface area contributed by atoms with Gasteiger partial charge in [0.25, 0.3) is 0 Å². The average molecular weight is 187 g/mol. The summed E-state index contributed by atoms with van der Waals surface area (Å²) in [4.78, 5) is 13.3. The molecule has 0 spiro atoms. The Balaban J connectivity index is 2.55.